The second kappa shape index (κ2) is 4.52. The van der Waals surface area contributed by atoms with E-state index >= 15 is 0 Å². The molecular formula is C9H17NO. The van der Waals surface area contributed by atoms with Crippen LogP contribution >= 0.6 is 0 Å². The summed E-state index contributed by atoms with van der Waals surface area (Å²) in [4.78, 5) is 0. The summed E-state index contributed by atoms with van der Waals surface area (Å²) in [5, 5.41) is 3.31. The molecule has 1 heterocycles. The quantitative estimate of drug-likeness (QED) is 0.616. The first-order valence-electron chi connectivity index (χ1n) is 4.22. The maximum absolute atomic E-state index is 5.44. The molecule has 2 nitrogen and oxygen atoms in total. The molecule has 0 aliphatic carbocycles. The predicted octanol–water partition coefficient (Wildman–Crippen LogP) is 1.19. The van der Waals surface area contributed by atoms with E-state index in [1.54, 1.807) is 0 Å². The Balaban J connectivity index is 1.98. The number of rotatable bonds is 4. The maximum Gasteiger partial charge on any atom is 0.0671 e. The van der Waals surface area contributed by atoms with Crippen molar-refractivity contribution in [2.45, 2.75) is 13.3 Å². The molecule has 11 heavy (non-hydrogen) atoms. The minimum Gasteiger partial charge on any atom is -0.377 e. The Morgan fingerprint density at radius 2 is 2.55 bits per heavy atom. The van der Waals surface area contributed by atoms with Crippen LogP contribution in [0.3, 0.4) is 0 Å². The third-order valence-corrected chi connectivity index (χ3v) is 1.86. The Bertz CT molecular complexity index is 128. The van der Waals surface area contributed by atoms with E-state index in [9.17, 15) is 0 Å². The summed E-state index contributed by atoms with van der Waals surface area (Å²) >= 11 is 0. The molecule has 1 aliphatic heterocycles. The zero-order chi connectivity index (χ0) is 8.10. The highest BCUT2D eigenvalue weighted by molar-refractivity contribution is 4.87. The first-order valence-corrected chi connectivity index (χ1v) is 4.22. The molecule has 0 unspecified atom stereocenters. The molecule has 0 aromatic rings. The van der Waals surface area contributed by atoms with E-state index in [1.807, 2.05) is 6.92 Å². The monoisotopic (exact) mass is 155 g/mol. The predicted molar refractivity (Wildman–Crippen MR) is 46.6 cm³/mol. The molecule has 1 N–H and O–H groups in total. The van der Waals surface area contributed by atoms with Crippen LogP contribution in [-0.2, 0) is 4.74 Å². The Morgan fingerprint density at radius 3 is 3.09 bits per heavy atom. The summed E-state index contributed by atoms with van der Waals surface area (Å²) < 4.78 is 5.44. The highest BCUT2D eigenvalue weighted by Gasteiger charge is 2.13. The van der Waals surface area contributed by atoms with Gasteiger partial charge in [0.25, 0.3) is 0 Å². The maximum atomic E-state index is 5.44. The van der Waals surface area contributed by atoms with Gasteiger partial charge in [-0.1, -0.05) is 12.2 Å². The summed E-state index contributed by atoms with van der Waals surface area (Å²) in [5.74, 6) is 0.731. The highest BCUT2D eigenvalue weighted by atomic mass is 16.5. The van der Waals surface area contributed by atoms with Gasteiger partial charge in [-0.15, -0.1) is 0 Å². The molecule has 0 spiro atoms. The minimum atomic E-state index is 0.719. The lowest BCUT2D eigenvalue weighted by molar-refractivity contribution is 0.124. The summed E-state index contributed by atoms with van der Waals surface area (Å²) in [5.41, 5.74) is 1.11. The van der Waals surface area contributed by atoms with Crippen LogP contribution in [0.2, 0.25) is 0 Å². The van der Waals surface area contributed by atoms with E-state index in [-0.39, 0.29) is 0 Å². The van der Waals surface area contributed by atoms with E-state index in [2.05, 4.69) is 11.9 Å². The first-order chi connectivity index (χ1) is 5.29. The first kappa shape index (κ1) is 8.75. The zero-order valence-corrected chi connectivity index (χ0v) is 7.23. The third kappa shape index (κ3) is 3.54. The lowest BCUT2D eigenvalue weighted by atomic mass is 10.1. The molecule has 1 rings (SSSR count). The molecule has 0 radical (unpaired) electrons. The Labute approximate surface area is 68.6 Å². The van der Waals surface area contributed by atoms with E-state index in [0.717, 1.165) is 37.8 Å². The van der Waals surface area contributed by atoms with E-state index in [0.29, 0.717) is 0 Å². The van der Waals surface area contributed by atoms with Gasteiger partial charge in [0.1, 0.15) is 0 Å². The molecule has 1 aliphatic rings. The van der Waals surface area contributed by atoms with Crippen molar-refractivity contribution in [1.82, 2.24) is 5.32 Å². The topological polar surface area (TPSA) is 21.3 Å². The molecule has 0 bridgehead atoms. The molecule has 1 saturated heterocycles. The van der Waals surface area contributed by atoms with Crippen LogP contribution in [0, 0.1) is 5.92 Å². The van der Waals surface area contributed by atoms with Crippen molar-refractivity contribution in [3.63, 3.8) is 0 Å². The standard InChI is InChI=1S/C9H17NO/c1-8(2)6-11-7-9-3-4-10-5-9/h9-10H,1,3-7H2,2H3/t9-/m1/s1. The molecule has 1 fully saturated rings. The van der Waals surface area contributed by atoms with Crippen molar-refractivity contribution in [1.29, 1.82) is 0 Å². The van der Waals surface area contributed by atoms with E-state index in [1.165, 1.54) is 6.42 Å². The van der Waals surface area contributed by atoms with Crippen LogP contribution in [0.15, 0.2) is 12.2 Å². The van der Waals surface area contributed by atoms with Crippen molar-refractivity contribution in [2.24, 2.45) is 5.92 Å². The van der Waals surface area contributed by atoms with Gasteiger partial charge in [-0.3, -0.25) is 0 Å². The van der Waals surface area contributed by atoms with Crippen molar-refractivity contribution in [2.75, 3.05) is 26.3 Å². The molecule has 0 amide bonds. The lowest BCUT2D eigenvalue weighted by Gasteiger charge is -2.08. The van der Waals surface area contributed by atoms with Gasteiger partial charge in [-0.05, 0) is 25.8 Å². The van der Waals surface area contributed by atoms with Crippen LogP contribution < -0.4 is 5.32 Å². The van der Waals surface area contributed by atoms with Gasteiger partial charge in [-0.25, -0.2) is 0 Å². The lowest BCUT2D eigenvalue weighted by Crippen LogP contribution is -2.14. The van der Waals surface area contributed by atoms with Gasteiger partial charge in [0, 0.05) is 6.54 Å². The molecule has 0 aromatic carbocycles. The summed E-state index contributed by atoms with van der Waals surface area (Å²) in [6.07, 6.45) is 1.26. The van der Waals surface area contributed by atoms with Gasteiger partial charge in [-0.2, -0.15) is 0 Å². The van der Waals surface area contributed by atoms with Crippen molar-refractivity contribution >= 4 is 0 Å². The second-order valence-electron chi connectivity index (χ2n) is 3.33. The van der Waals surface area contributed by atoms with Gasteiger partial charge < -0.3 is 10.1 Å². The third-order valence-electron chi connectivity index (χ3n) is 1.86. The molecule has 2 heteroatoms. The summed E-state index contributed by atoms with van der Waals surface area (Å²) in [7, 11) is 0. The Morgan fingerprint density at radius 1 is 1.73 bits per heavy atom. The van der Waals surface area contributed by atoms with Crippen LogP contribution in [0.25, 0.3) is 0 Å². The SMILES string of the molecule is C=C(C)COC[C@@H]1CCNC1. The van der Waals surface area contributed by atoms with Crippen molar-refractivity contribution in [3.05, 3.63) is 12.2 Å². The Kier molecular flexibility index (Phi) is 3.60. The highest BCUT2D eigenvalue weighted by Crippen LogP contribution is 2.07. The number of nitrogens with one attached hydrogen (secondary N) is 1. The molecule has 64 valence electrons. The fraction of sp³-hybridized carbons (Fsp3) is 0.778. The van der Waals surface area contributed by atoms with Gasteiger partial charge in [0.05, 0.1) is 13.2 Å². The normalized spacial score (nSPS) is 23.9. The van der Waals surface area contributed by atoms with Gasteiger partial charge in [0.2, 0.25) is 0 Å². The Hall–Kier alpha value is -0.340. The summed E-state index contributed by atoms with van der Waals surface area (Å²) in [6, 6.07) is 0. The van der Waals surface area contributed by atoms with Crippen molar-refractivity contribution in [3.8, 4) is 0 Å². The molecule has 0 aromatic heterocycles. The largest absolute Gasteiger partial charge is 0.377 e. The summed E-state index contributed by atoms with van der Waals surface area (Å²) in [6.45, 7) is 9.65. The van der Waals surface area contributed by atoms with E-state index in [4.69, 9.17) is 4.74 Å². The molecular weight excluding hydrogens is 138 g/mol. The average Bonchev–Trinajstić information content (AvgIpc) is 2.39. The smallest absolute Gasteiger partial charge is 0.0671 e. The number of ether oxygens (including phenoxy) is 1. The zero-order valence-electron chi connectivity index (χ0n) is 7.23. The average molecular weight is 155 g/mol. The fourth-order valence-corrected chi connectivity index (χ4v) is 1.26. The minimum absolute atomic E-state index is 0.719. The van der Waals surface area contributed by atoms with Gasteiger partial charge in [0.15, 0.2) is 0 Å². The van der Waals surface area contributed by atoms with Crippen LogP contribution in [0.5, 0.6) is 0 Å². The molecule has 1 atom stereocenters. The van der Waals surface area contributed by atoms with Crippen LogP contribution in [0.1, 0.15) is 13.3 Å². The molecule has 0 saturated carbocycles. The fourth-order valence-electron chi connectivity index (χ4n) is 1.26. The van der Waals surface area contributed by atoms with Crippen LogP contribution in [-0.4, -0.2) is 26.3 Å². The van der Waals surface area contributed by atoms with Crippen molar-refractivity contribution < 1.29 is 4.74 Å². The van der Waals surface area contributed by atoms with Gasteiger partial charge >= 0.3 is 0 Å². The number of hydrogen-bond donors (Lipinski definition) is 1. The van der Waals surface area contributed by atoms with E-state index < -0.39 is 0 Å². The van der Waals surface area contributed by atoms with Crippen LogP contribution in [0.4, 0.5) is 0 Å². The second-order valence-corrected chi connectivity index (χ2v) is 3.33. The number of hydrogen-bond acceptors (Lipinski definition) is 2.